The summed E-state index contributed by atoms with van der Waals surface area (Å²) in [7, 11) is 1.66. The molecule has 4 nitrogen and oxygen atoms in total. The average molecular weight is 475 g/mol. The highest BCUT2D eigenvalue weighted by atomic mass is 35.5. The molecular weight excluding hydrogens is 455 g/mol. The van der Waals surface area contributed by atoms with Crippen LogP contribution in [0.2, 0.25) is 10.0 Å². The van der Waals surface area contributed by atoms with Crippen LogP contribution < -0.4 is 9.47 Å². The van der Waals surface area contributed by atoms with E-state index in [1.807, 2.05) is 35.3 Å². The van der Waals surface area contributed by atoms with Gasteiger partial charge in [0.15, 0.2) is 0 Å². The van der Waals surface area contributed by atoms with E-state index in [2.05, 4.69) is 42.5 Å². The second-order valence-corrected chi connectivity index (χ2v) is 9.10. The Morgan fingerprint density at radius 3 is 2.52 bits per heavy atom. The zero-order chi connectivity index (χ0) is 22.5. The quantitative estimate of drug-likeness (QED) is 0.310. The molecule has 0 bridgehead atoms. The molecule has 0 unspecified atom stereocenters. The molecule has 164 valence electrons. The molecule has 0 aromatic heterocycles. The van der Waals surface area contributed by atoms with Gasteiger partial charge < -0.3 is 9.47 Å². The fraction of sp³-hybridized carbons (Fsp3) is 0.148. The fourth-order valence-electron chi connectivity index (χ4n) is 4.65. The Morgan fingerprint density at radius 1 is 0.939 bits per heavy atom. The van der Waals surface area contributed by atoms with Crippen LogP contribution in [0, 0.1) is 0 Å². The number of hydrogen-bond acceptors (Lipinski definition) is 4. The first-order chi connectivity index (χ1) is 16.1. The van der Waals surface area contributed by atoms with E-state index >= 15 is 0 Å². The van der Waals surface area contributed by atoms with E-state index in [1.54, 1.807) is 13.2 Å². The summed E-state index contributed by atoms with van der Waals surface area (Å²) in [5.41, 5.74) is 4.04. The minimum absolute atomic E-state index is 0.0291. The van der Waals surface area contributed by atoms with Gasteiger partial charge in [0.05, 0.1) is 23.9 Å². The van der Waals surface area contributed by atoms with E-state index < -0.39 is 6.23 Å². The SMILES string of the molecule is COc1ccc([C@@H]2Oc3c(Cl)cc(Cl)cc3[C@H]3CC(c4ccc5ccccc5c4)=NN32)cc1. The summed E-state index contributed by atoms with van der Waals surface area (Å²) in [4.78, 5) is 0. The maximum atomic E-state index is 6.57. The molecule has 2 aliphatic rings. The molecule has 0 spiro atoms. The maximum Gasteiger partial charge on any atom is 0.213 e. The summed E-state index contributed by atoms with van der Waals surface area (Å²) in [6.07, 6.45) is 0.322. The molecule has 4 aromatic rings. The van der Waals surface area contributed by atoms with Crippen LogP contribution in [0.25, 0.3) is 10.8 Å². The highest BCUT2D eigenvalue weighted by Gasteiger charge is 2.42. The number of nitrogens with zero attached hydrogens (tertiary/aromatic N) is 2. The minimum Gasteiger partial charge on any atom is -0.497 e. The Kier molecular flexibility index (Phi) is 4.93. The number of hydrogen-bond donors (Lipinski definition) is 0. The summed E-state index contributed by atoms with van der Waals surface area (Å²) in [6, 6.07) is 26.3. The normalized spacial score (nSPS) is 19.0. The fourth-order valence-corrected chi connectivity index (χ4v) is 5.20. The summed E-state index contributed by atoms with van der Waals surface area (Å²) >= 11 is 12.9. The van der Waals surface area contributed by atoms with Gasteiger partial charge in [-0.05, 0) is 58.8 Å². The average Bonchev–Trinajstić information content (AvgIpc) is 3.29. The van der Waals surface area contributed by atoms with Gasteiger partial charge in [-0.3, -0.25) is 0 Å². The third-order valence-electron chi connectivity index (χ3n) is 6.29. The van der Waals surface area contributed by atoms with Crippen LogP contribution in [-0.4, -0.2) is 17.8 Å². The lowest BCUT2D eigenvalue weighted by Crippen LogP contribution is -2.33. The van der Waals surface area contributed by atoms with Crippen LogP contribution in [0.3, 0.4) is 0 Å². The maximum absolute atomic E-state index is 6.57. The summed E-state index contributed by atoms with van der Waals surface area (Å²) in [5, 5.41) is 10.6. The van der Waals surface area contributed by atoms with Crippen molar-refractivity contribution in [2.24, 2.45) is 5.10 Å². The van der Waals surface area contributed by atoms with E-state index in [4.69, 9.17) is 37.8 Å². The highest BCUT2D eigenvalue weighted by Crippen LogP contribution is 2.51. The molecule has 0 amide bonds. The van der Waals surface area contributed by atoms with Crippen molar-refractivity contribution in [3.05, 3.63) is 106 Å². The largest absolute Gasteiger partial charge is 0.497 e. The van der Waals surface area contributed by atoms with Crippen LogP contribution in [0.1, 0.15) is 35.4 Å². The lowest BCUT2D eigenvalue weighted by Gasteiger charge is -2.38. The Bertz CT molecular complexity index is 1400. The molecule has 0 aliphatic carbocycles. The minimum atomic E-state index is -0.412. The van der Waals surface area contributed by atoms with E-state index in [-0.39, 0.29) is 6.04 Å². The van der Waals surface area contributed by atoms with Gasteiger partial charge in [-0.15, -0.1) is 0 Å². The van der Waals surface area contributed by atoms with Gasteiger partial charge in [0.25, 0.3) is 0 Å². The monoisotopic (exact) mass is 474 g/mol. The molecule has 0 saturated carbocycles. The van der Waals surface area contributed by atoms with Crippen molar-refractivity contribution in [1.29, 1.82) is 0 Å². The molecule has 0 N–H and O–H groups in total. The number of ether oxygens (including phenoxy) is 2. The molecule has 2 heterocycles. The second-order valence-electron chi connectivity index (χ2n) is 8.26. The van der Waals surface area contributed by atoms with Crippen LogP contribution in [0.4, 0.5) is 0 Å². The lowest BCUT2D eigenvalue weighted by atomic mass is 9.95. The van der Waals surface area contributed by atoms with Crippen LogP contribution in [0.15, 0.2) is 84.0 Å². The molecule has 6 rings (SSSR count). The number of fused-ring (bicyclic) bond motifs is 4. The van der Waals surface area contributed by atoms with Crippen molar-refractivity contribution in [3.63, 3.8) is 0 Å². The molecule has 0 fully saturated rings. The Morgan fingerprint density at radius 2 is 1.73 bits per heavy atom. The van der Waals surface area contributed by atoms with E-state index in [0.29, 0.717) is 15.8 Å². The second kappa shape index (κ2) is 7.98. The number of rotatable bonds is 3. The third kappa shape index (κ3) is 3.50. The van der Waals surface area contributed by atoms with Crippen molar-refractivity contribution in [2.45, 2.75) is 18.7 Å². The lowest BCUT2D eigenvalue weighted by molar-refractivity contribution is -0.0189. The molecule has 0 saturated heterocycles. The summed E-state index contributed by atoms with van der Waals surface area (Å²) in [5.74, 6) is 1.45. The van der Waals surface area contributed by atoms with Crippen molar-refractivity contribution >= 4 is 39.7 Å². The summed E-state index contributed by atoms with van der Waals surface area (Å²) in [6.45, 7) is 0. The zero-order valence-corrected chi connectivity index (χ0v) is 19.3. The molecule has 4 aromatic carbocycles. The first-order valence-corrected chi connectivity index (χ1v) is 11.5. The smallest absolute Gasteiger partial charge is 0.213 e. The van der Waals surface area contributed by atoms with E-state index in [1.165, 1.54) is 10.8 Å². The molecule has 2 atom stereocenters. The molecular formula is C27H20Cl2N2O2. The van der Waals surface area contributed by atoms with Crippen LogP contribution >= 0.6 is 23.2 Å². The van der Waals surface area contributed by atoms with Crippen molar-refractivity contribution < 1.29 is 9.47 Å². The van der Waals surface area contributed by atoms with Gasteiger partial charge in [-0.2, -0.15) is 5.10 Å². The van der Waals surface area contributed by atoms with Crippen molar-refractivity contribution in [2.75, 3.05) is 7.11 Å². The Balaban J connectivity index is 1.46. The van der Waals surface area contributed by atoms with Gasteiger partial charge in [0, 0.05) is 22.6 Å². The number of hydrazone groups is 1. The van der Waals surface area contributed by atoms with E-state index in [9.17, 15) is 0 Å². The van der Waals surface area contributed by atoms with Crippen molar-refractivity contribution in [3.8, 4) is 11.5 Å². The predicted molar refractivity (Wildman–Crippen MR) is 133 cm³/mol. The standard InChI is InChI=1S/C27H20Cl2N2O2/c1-32-21-10-8-17(9-11-21)27-31-25(22-13-20(28)14-23(29)26(22)33-27)15-24(30-31)19-7-6-16-4-2-3-5-18(16)12-19/h2-14,25,27H,15H2,1H3/t25-,27+/m1/s1. The van der Waals surface area contributed by atoms with Crippen molar-refractivity contribution in [1.82, 2.24) is 5.01 Å². The molecule has 6 heteroatoms. The number of halogens is 2. The van der Waals surface area contributed by atoms with Gasteiger partial charge in [0.1, 0.15) is 11.5 Å². The topological polar surface area (TPSA) is 34.1 Å². The van der Waals surface area contributed by atoms with Gasteiger partial charge in [0.2, 0.25) is 6.23 Å². The number of benzene rings is 4. The third-order valence-corrected chi connectivity index (χ3v) is 6.79. The predicted octanol–water partition coefficient (Wildman–Crippen LogP) is 7.40. The van der Waals surface area contributed by atoms with Gasteiger partial charge in [-0.25, -0.2) is 5.01 Å². The van der Waals surface area contributed by atoms with E-state index in [0.717, 1.165) is 34.6 Å². The molecule has 2 aliphatic heterocycles. The van der Waals surface area contributed by atoms with Gasteiger partial charge in [-0.1, -0.05) is 59.6 Å². The summed E-state index contributed by atoms with van der Waals surface area (Å²) < 4.78 is 11.8. The van der Waals surface area contributed by atoms with Crippen LogP contribution in [0.5, 0.6) is 11.5 Å². The Hall–Kier alpha value is -3.21. The van der Waals surface area contributed by atoms with Crippen LogP contribution in [-0.2, 0) is 0 Å². The molecule has 0 radical (unpaired) electrons. The Labute approximate surface area is 201 Å². The first-order valence-electron chi connectivity index (χ1n) is 10.8. The number of methoxy groups -OCH3 is 1. The highest BCUT2D eigenvalue weighted by molar-refractivity contribution is 6.35. The van der Waals surface area contributed by atoms with Gasteiger partial charge >= 0.3 is 0 Å². The zero-order valence-electron chi connectivity index (χ0n) is 17.8. The molecule has 33 heavy (non-hydrogen) atoms. The first kappa shape index (κ1) is 20.4.